The normalized spacial score (nSPS) is 16.9. The van der Waals surface area contributed by atoms with Crippen molar-refractivity contribution >= 4 is 5.91 Å². The first-order chi connectivity index (χ1) is 12.8. The van der Waals surface area contributed by atoms with E-state index in [2.05, 4.69) is 42.3 Å². The maximum Gasteiger partial charge on any atom is 0.226 e. The maximum atomic E-state index is 12.7. The molecule has 0 aliphatic carbocycles. The van der Waals surface area contributed by atoms with Gasteiger partial charge in [0.1, 0.15) is 6.61 Å². The molecule has 1 aliphatic heterocycles. The number of terminal acetylenes is 1. The molecule has 1 atom stereocenters. The first kappa shape index (κ1) is 18.2. The SMILES string of the molecule is C#CCOCC1CCCN(C(=O)Cc2ccc(-c3ccccc3)cc2)C1. The van der Waals surface area contributed by atoms with Gasteiger partial charge in [0.05, 0.1) is 13.0 Å². The van der Waals surface area contributed by atoms with Crippen molar-refractivity contribution < 1.29 is 9.53 Å². The first-order valence-electron chi connectivity index (χ1n) is 9.19. The zero-order valence-electron chi connectivity index (χ0n) is 15.1. The van der Waals surface area contributed by atoms with Crippen LogP contribution < -0.4 is 0 Å². The molecular formula is C23H25NO2. The van der Waals surface area contributed by atoms with Gasteiger partial charge in [0.15, 0.2) is 0 Å². The quantitative estimate of drug-likeness (QED) is 0.588. The topological polar surface area (TPSA) is 29.5 Å². The van der Waals surface area contributed by atoms with Gasteiger partial charge in [0.25, 0.3) is 0 Å². The summed E-state index contributed by atoms with van der Waals surface area (Å²) in [5, 5.41) is 0. The highest BCUT2D eigenvalue weighted by Crippen LogP contribution is 2.21. The van der Waals surface area contributed by atoms with Crippen LogP contribution in [0.15, 0.2) is 54.6 Å². The summed E-state index contributed by atoms with van der Waals surface area (Å²) in [5.41, 5.74) is 3.42. The highest BCUT2D eigenvalue weighted by atomic mass is 16.5. The molecule has 2 aromatic carbocycles. The lowest BCUT2D eigenvalue weighted by Gasteiger charge is -2.32. The van der Waals surface area contributed by atoms with Gasteiger partial charge in [-0.25, -0.2) is 0 Å². The molecule has 1 saturated heterocycles. The number of benzene rings is 2. The highest BCUT2D eigenvalue weighted by molar-refractivity contribution is 5.79. The zero-order chi connectivity index (χ0) is 18.2. The molecule has 3 heteroatoms. The van der Waals surface area contributed by atoms with Crippen LogP contribution in [0.5, 0.6) is 0 Å². The Morgan fingerprint density at radius 3 is 2.58 bits per heavy atom. The van der Waals surface area contributed by atoms with Gasteiger partial charge in [0.2, 0.25) is 5.91 Å². The van der Waals surface area contributed by atoms with E-state index in [1.54, 1.807) is 0 Å². The van der Waals surface area contributed by atoms with Crippen LogP contribution in [0.3, 0.4) is 0 Å². The van der Waals surface area contributed by atoms with Gasteiger partial charge in [-0.3, -0.25) is 4.79 Å². The maximum absolute atomic E-state index is 12.7. The van der Waals surface area contributed by atoms with Crippen molar-refractivity contribution in [2.75, 3.05) is 26.3 Å². The van der Waals surface area contributed by atoms with E-state index in [1.165, 1.54) is 11.1 Å². The van der Waals surface area contributed by atoms with Gasteiger partial charge >= 0.3 is 0 Å². The van der Waals surface area contributed by atoms with Crippen LogP contribution in [0.4, 0.5) is 0 Å². The number of amides is 1. The van der Waals surface area contributed by atoms with Gasteiger partial charge in [-0.05, 0) is 35.4 Å². The van der Waals surface area contributed by atoms with E-state index in [9.17, 15) is 4.79 Å². The van der Waals surface area contributed by atoms with Crippen molar-refractivity contribution in [3.8, 4) is 23.5 Å². The summed E-state index contributed by atoms with van der Waals surface area (Å²) in [6.45, 7) is 2.59. The van der Waals surface area contributed by atoms with Crippen LogP contribution >= 0.6 is 0 Å². The highest BCUT2D eigenvalue weighted by Gasteiger charge is 2.23. The standard InChI is InChI=1S/C23H25NO2/c1-2-15-26-18-20-7-6-14-24(17-20)23(25)16-19-10-12-22(13-11-19)21-8-4-3-5-9-21/h1,3-5,8-13,20H,6-7,14-18H2. The molecule has 0 radical (unpaired) electrons. The summed E-state index contributed by atoms with van der Waals surface area (Å²) in [6, 6.07) is 18.6. The monoisotopic (exact) mass is 347 g/mol. The first-order valence-corrected chi connectivity index (χ1v) is 9.19. The third-order valence-electron chi connectivity index (χ3n) is 4.83. The van der Waals surface area contributed by atoms with Crippen molar-refractivity contribution in [3.63, 3.8) is 0 Å². The molecule has 0 saturated carbocycles. The second kappa shape index (κ2) is 9.22. The Morgan fingerprint density at radius 1 is 1.12 bits per heavy atom. The van der Waals surface area contributed by atoms with Crippen molar-refractivity contribution in [2.45, 2.75) is 19.3 Å². The van der Waals surface area contributed by atoms with E-state index in [0.29, 0.717) is 25.6 Å². The minimum atomic E-state index is 0.194. The van der Waals surface area contributed by atoms with Crippen molar-refractivity contribution in [1.82, 2.24) is 4.90 Å². The Morgan fingerprint density at radius 2 is 1.85 bits per heavy atom. The van der Waals surface area contributed by atoms with E-state index >= 15 is 0 Å². The predicted octanol–water partition coefficient (Wildman–Crippen LogP) is 3.78. The molecule has 0 N–H and O–H groups in total. The number of piperidine rings is 1. The Bertz CT molecular complexity index is 746. The van der Waals surface area contributed by atoms with E-state index in [0.717, 1.165) is 31.5 Å². The van der Waals surface area contributed by atoms with Crippen molar-refractivity contribution in [2.24, 2.45) is 5.92 Å². The molecule has 26 heavy (non-hydrogen) atoms. The van der Waals surface area contributed by atoms with Crippen molar-refractivity contribution in [1.29, 1.82) is 0 Å². The minimum Gasteiger partial charge on any atom is -0.368 e. The van der Waals surface area contributed by atoms with Gasteiger partial charge in [-0.1, -0.05) is 60.5 Å². The van der Waals surface area contributed by atoms with Crippen LogP contribution in [0, 0.1) is 18.3 Å². The Labute approximate surface area is 156 Å². The van der Waals surface area contributed by atoms with Crippen LogP contribution in [0.25, 0.3) is 11.1 Å². The van der Waals surface area contributed by atoms with Crippen LogP contribution in [0.2, 0.25) is 0 Å². The summed E-state index contributed by atoms with van der Waals surface area (Å²) in [7, 11) is 0. The average Bonchev–Trinajstić information content (AvgIpc) is 2.70. The molecule has 0 spiro atoms. The van der Waals surface area contributed by atoms with Gasteiger partial charge in [0, 0.05) is 13.1 Å². The number of carbonyl (C=O) groups is 1. The largest absolute Gasteiger partial charge is 0.368 e. The van der Waals surface area contributed by atoms with Crippen LogP contribution in [0.1, 0.15) is 18.4 Å². The fourth-order valence-corrected chi connectivity index (χ4v) is 3.44. The predicted molar refractivity (Wildman–Crippen MR) is 105 cm³/mol. The van der Waals surface area contributed by atoms with E-state index < -0.39 is 0 Å². The Kier molecular flexibility index (Phi) is 6.46. The van der Waals surface area contributed by atoms with E-state index in [4.69, 9.17) is 11.2 Å². The molecule has 1 heterocycles. The summed E-state index contributed by atoms with van der Waals surface area (Å²) in [6.07, 6.45) is 7.79. The van der Waals surface area contributed by atoms with Gasteiger partial charge in [-0.2, -0.15) is 0 Å². The van der Waals surface area contributed by atoms with Gasteiger partial charge in [-0.15, -0.1) is 6.42 Å². The fraction of sp³-hybridized carbons (Fsp3) is 0.348. The van der Waals surface area contributed by atoms with Crippen molar-refractivity contribution in [3.05, 3.63) is 60.2 Å². The molecule has 0 aromatic heterocycles. The molecular weight excluding hydrogens is 322 g/mol. The third-order valence-corrected chi connectivity index (χ3v) is 4.83. The average molecular weight is 347 g/mol. The summed E-state index contributed by atoms with van der Waals surface area (Å²) < 4.78 is 5.45. The molecule has 134 valence electrons. The minimum absolute atomic E-state index is 0.194. The van der Waals surface area contributed by atoms with Crippen LogP contribution in [-0.4, -0.2) is 37.1 Å². The lowest BCUT2D eigenvalue weighted by Crippen LogP contribution is -2.42. The number of likely N-dealkylation sites (tertiary alicyclic amines) is 1. The number of ether oxygens (including phenoxy) is 1. The number of hydrogen-bond acceptors (Lipinski definition) is 2. The van der Waals surface area contributed by atoms with Crippen LogP contribution in [-0.2, 0) is 16.0 Å². The molecule has 1 unspecified atom stereocenters. The Balaban J connectivity index is 1.55. The zero-order valence-corrected chi connectivity index (χ0v) is 15.1. The molecule has 0 bridgehead atoms. The molecule has 3 nitrogen and oxygen atoms in total. The molecule has 3 rings (SSSR count). The smallest absolute Gasteiger partial charge is 0.226 e. The summed E-state index contributed by atoms with van der Waals surface area (Å²) in [4.78, 5) is 14.6. The summed E-state index contributed by atoms with van der Waals surface area (Å²) in [5.74, 6) is 3.07. The number of rotatable bonds is 6. The third kappa shape index (κ3) is 4.97. The second-order valence-electron chi connectivity index (χ2n) is 6.81. The molecule has 1 amide bonds. The lowest BCUT2D eigenvalue weighted by atomic mass is 9.98. The Hall–Kier alpha value is -2.57. The van der Waals surface area contributed by atoms with E-state index in [-0.39, 0.29) is 5.91 Å². The molecule has 1 aliphatic rings. The van der Waals surface area contributed by atoms with E-state index in [1.807, 2.05) is 23.1 Å². The second-order valence-corrected chi connectivity index (χ2v) is 6.81. The molecule has 1 fully saturated rings. The number of nitrogens with zero attached hydrogens (tertiary/aromatic N) is 1. The fourth-order valence-electron chi connectivity index (χ4n) is 3.44. The number of hydrogen-bond donors (Lipinski definition) is 0. The lowest BCUT2D eigenvalue weighted by molar-refractivity contribution is -0.132. The van der Waals surface area contributed by atoms with Gasteiger partial charge < -0.3 is 9.64 Å². The summed E-state index contributed by atoms with van der Waals surface area (Å²) >= 11 is 0. The number of carbonyl (C=O) groups excluding carboxylic acids is 1. The molecule has 2 aromatic rings.